The first-order valence-electron chi connectivity index (χ1n) is 19.4. The summed E-state index contributed by atoms with van der Waals surface area (Å²) >= 11 is 0. The lowest BCUT2D eigenvalue weighted by molar-refractivity contribution is -0.870. The number of nitrogens with zero attached hydrogens (tertiary/aromatic N) is 1. The van der Waals surface area contributed by atoms with Crippen LogP contribution in [0.15, 0.2) is 72.9 Å². The largest absolute Gasteiger partial charge is 0.472 e. The molecule has 0 aromatic rings. The van der Waals surface area contributed by atoms with E-state index in [1.165, 1.54) is 44.9 Å². The number of quaternary nitrogens is 1. The maximum absolute atomic E-state index is 12.8. The molecule has 0 aromatic heterocycles. The Hall–Kier alpha value is -2.10. The number of aliphatic hydroxyl groups is 2. The van der Waals surface area contributed by atoms with Gasteiger partial charge in [0.25, 0.3) is 0 Å². The van der Waals surface area contributed by atoms with Crippen LogP contribution in [0.3, 0.4) is 0 Å². The molecule has 0 aromatic carbocycles. The Labute approximate surface area is 311 Å². The summed E-state index contributed by atoms with van der Waals surface area (Å²) in [6.45, 7) is 4.48. The van der Waals surface area contributed by atoms with Gasteiger partial charge in [-0.3, -0.25) is 13.8 Å². The van der Waals surface area contributed by atoms with E-state index in [1.807, 2.05) is 39.4 Å². The number of carbonyl (C=O) groups excluding carboxylic acids is 1. The van der Waals surface area contributed by atoms with Crippen molar-refractivity contribution in [3.63, 3.8) is 0 Å². The topological polar surface area (TPSA) is 125 Å². The standard InChI is InChI=1S/C41H73N2O7P/c1-6-8-10-12-14-16-18-19-21-22-24-26-28-31-38(44)32-30-34-41(46)42-39(37-50-51(47,48)49-36-35-43(3,4)5)40(45)33-29-27-25-23-20-17-15-13-11-9-7-2/h8,10,14,16,19,21,24,26,28-29,31,33,38-40,44-45H,6-7,9,11-13,15,17-18,20,22-23,25,27,30,32,34-37H2,1-5H3,(H-,42,46,47,48)/p+1/b10-8-,16-14-,21-19-,26-24-,31-28+,33-29+/t38?,39-,40+/m0/s1. The van der Waals surface area contributed by atoms with Crippen LogP contribution in [0.5, 0.6) is 0 Å². The smallest absolute Gasteiger partial charge is 0.389 e. The highest BCUT2D eigenvalue weighted by Crippen LogP contribution is 2.43. The van der Waals surface area contributed by atoms with Crippen molar-refractivity contribution in [1.29, 1.82) is 0 Å². The Morgan fingerprint density at radius 1 is 0.745 bits per heavy atom. The van der Waals surface area contributed by atoms with Gasteiger partial charge in [-0.1, -0.05) is 138 Å². The van der Waals surface area contributed by atoms with Gasteiger partial charge in [0.15, 0.2) is 0 Å². The first-order chi connectivity index (χ1) is 24.4. The summed E-state index contributed by atoms with van der Waals surface area (Å²) in [5, 5.41) is 23.9. The molecule has 294 valence electrons. The van der Waals surface area contributed by atoms with Crippen molar-refractivity contribution in [3.05, 3.63) is 72.9 Å². The van der Waals surface area contributed by atoms with Gasteiger partial charge in [-0.05, 0) is 51.4 Å². The number of likely N-dealkylation sites (N-methyl/N-ethyl adjacent to an activating group) is 1. The van der Waals surface area contributed by atoms with Crippen LogP contribution < -0.4 is 5.32 Å². The quantitative estimate of drug-likeness (QED) is 0.0174. The second-order valence-corrected chi connectivity index (χ2v) is 15.6. The van der Waals surface area contributed by atoms with Gasteiger partial charge in [0.1, 0.15) is 13.2 Å². The Bertz CT molecular complexity index is 1080. The maximum atomic E-state index is 12.8. The number of unbranched alkanes of at least 4 members (excludes halogenated alkanes) is 9. The average molecular weight is 738 g/mol. The summed E-state index contributed by atoms with van der Waals surface area (Å²) in [4.78, 5) is 23.0. The minimum atomic E-state index is -4.39. The molecule has 0 aliphatic heterocycles. The molecule has 9 nitrogen and oxygen atoms in total. The SMILES string of the molecule is CC/C=C\C/C=C\C/C=C\C/C=C\C=C\C(O)CCCC(=O)N[C@@H](COP(=O)(O)OCC[N+](C)(C)C)[C@H](O)/C=C/CCCCCCCCCCC. The lowest BCUT2D eigenvalue weighted by Gasteiger charge is -2.25. The van der Waals surface area contributed by atoms with Crippen LogP contribution in [0.1, 0.15) is 123 Å². The number of carbonyl (C=O) groups is 1. The number of amides is 1. The normalized spacial score (nSPS) is 16.0. The molecular formula is C41H74N2O7P+. The van der Waals surface area contributed by atoms with E-state index in [2.05, 4.69) is 55.6 Å². The van der Waals surface area contributed by atoms with Gasteiger partial charge in [0.05, 0.1) is 46.0 Å². The van der Waals surface area contributed by atoms with Crippen LogP contribution in [0.25, 0.3) is 0 Å². The fourth-order valence-corrected chi connectivity index (χ4v) is 5.63. The van der Waals surface area contributed by atoms with E-state index >= 15 is 0 Å². The fourth-order valence-electron chi connectivity index (χ4n) is 4.89. The minimum absolute atomic E-state index is 0.0224. The van der Waals surface area contributed by atoms with Gasteiger partial charge in [-0.2, -0.15) is 0 Å². The zero-order valence-electron chi connectivity index (χ0n) is 32.7. The predicted molar refractivity (Wildman–Crippen MR) is 213 cm³/mol. The van der Waals surface area contributed by atoms with Gasteiger partial charge < -0.3 is 24.9 Å². The van der Waals surface area contributed by atoms with E-state index in [0.29, 0.717) is 23.9 Å². The maximum Gasteiger partial charge on any atom is 0.472 e. The number of hydrogen-bond acceptors (Lipinski definition) is 6. The van der Waals surface area contributed by atoms with Crippen molar-refractivity contribution >= 4 is 13.7 Å². The first-order valence-corrected chi connectivity index (χ1v) is 20.9. The van der Waals surface area contributed by atoms with Crippen LogP contribution in [-0.4, -0.2) is 84.6 Å². The summed E-state index contributed by atoms with van der Waals surface area (Å²) in [7, 11) is 1.44. The number of nitrogens with one attached hydrogen (secondary N) is 1. The molecule has 0 bridgehead atoms. The average Bonchev–Trinajstić information content (AvgIpc) is 3.06. The van der Waals surface area contributed by atoms with E-state index in [1.54, 1.807) is 18.2 Å². The Morgan fingerprint density at radius 3 is 1.94 bits per heavy atom. The molecule has 1 amide bonds. The summed E-state index contributed by atoms with van der Waals surface area (Å²) in [6, 6.07) is -0.942. The van der Waals surface area contributed by atoms with Crippen molar-refractivity contribution in [2.45, 2.75) is 141 Å². The minimum Gasteiger partial charge on any atom is -0.389 e. The van der Waals surface area contributed by atoms with Gasteiger partial charge in [-0.25, -0.2) is 4.57 Å². The van der Waals surface area contributed by atoms with Crippen molar-refractivity contribution in [2.24, 2.45) is 0 Å². The Balaban J connectivity index is 4.76. The zero-order chi connectivity index (χ0) is 38.1. The highest BCUT2D eigenvalue weighted by atomic mass is 31.2. The van der Waals surface area contributed by atoms with Crippen LogP contribution in [-0.2, 0) is 18.4 Å². The molecule has 10 heteroatoms. The lowest BCUT2D eigenvalue weighted by atomic mass is 10.1. The third-order valence-electron chi connectivity index (χ3n) is 8.04. The number of allylic oxidation sites excluding steroid dienone is 10. The molecule has 0 aliphatic carbocycles. The first kappa shape index (κ1) is 48.9. The monoisotopic (exact) mass is 738 g/mol. The molecule has 4 N–H and O–H groups in total. The van der Waals surface area contributed by atoms with Crippen molar-refractivity contribution in [2.75, 3.05) is 40.9 Å². The van der Waals surface area contributed by atoms with Gasteiger partial charge in [0.2, 0.25) is 5.91 Å². The van der Waals surface area contributed by atoms with E-state index < -0.39 is 32.7 Å². The Morgan fingerprint density at radius 2 is 1.33 bits per heavy atom. The molecule has 0 spiro atoms. The van der Waals surface area contributed by atoms with Crippen molar-refractivity contribution in [1.82, 2.24) is 5.32 Å². The molecule has 0 rings (SSSR count). The second kappa shape index (κ2) is 32.5. The highest BCUT2D eigenvalue weighted by Gasteiger charge is 2.27. The molecule has 0 heterocycles. The second-order valence-electron chi connectivity index (χ2n) is 14.1. The molecular weight excluding hydrogens is 663 g/mol. The molecule has 0 saturated heterocycles. The molecule has 2 unspecified atom stereocenters. The Kier molecular flexibility index (Phi) is 31.2. The van der Waals surface area contributed by atoms with E-state index in [0.717, 1.165) is 44.9 Å². The third-order valence-corrected chi connectivity index (χ3v) is 9.02. The van der Waals surface area contributed by atoms with E-state index in [4.69, 9.17) is 9.05 Å². The van der Waals surface area contributed by atoms with E-state index in [9.17, 15) is 24.5 Å². The zero-order valence-corrected chi connectivity index (χ0v) is 33.6. The van der Waals surface area contributed by atoms with Gasteiger partial charge >= 0.3 is 7.82 Å². The summed E-state index contributed by atoms with van der Waals surface area (Å²) < 4.78 is 23.4. The van der Waals surface area contributed by atoms with Crippen LogP contribution in [0.4, 0.5) is 0 Å². The molecule has 0 radical (unpaired) electrons. The number of aliphatic hydroxyl groups excluding tert-OH is 2. The number of phosphoric acid groups is 1. The molecule has 0 aliphatic rings. The lowest BCUT2D eigenvalue weighted by Crippen LogP contribution is -2.45. The van der Waals surface area contributed by atoms with Gasteiger partial charge in [-0.15, -0.1) is 0 Å². The summed E-state index contributed by atoms with van der Waals surface area (Å²) in [5.41, 5.74) is 0. The number of phosphoric ester groups is 1. The molecule has 4 atom stereocenters. The summed E-state index contributed by atoms with van der Waals surface area (Å²) in [5.74, 6) is -0.344. The number of rotatable bonds is 33. The predicted octanol–water partition coefficient (Wildman–Crippen LogP) is 9.04. The molecule has 51 heavy (non-hydrogen) atoms. The molecule has 0 saturated carbocycles. The van der Waals surface area contributed by atoms with Crippen LogP contribution >= 0.6 is 7.82 Å². The highest BCUT2D eigenvalue weighted by molar-refractivity contribution is 7.47. The fraction of sp³-hybridized carbons (Fsp3) is 0.683. The third kappa shape index (κ3) is 34.7. The van der Waals surface area contributed by atoms with Crippen molar-refractivity contribution in [3.8, 4) is 0 Å². The van der Waals surface area contributed by atoms with Crippen molar-refractivity contribution < 1.29 is 38.0 Å². The summed E-state index contributed by atoms with van der Waals surface area (Å²) in [6.07, 6.45) is 38.5. The number of hydrogen-bond donors (Lipinski definition) is 4. The molecule has 0 fully saturated rings. The van der Waals surface area contributed by atoms with Crippen LogP contribution in [0.2, 0.25) is 0 Å². The van der Waals surface area contributed by atoms with Gasteiger partial charge in [0, 0.05) is 6.42 Å². The van der Waals surface area contributed by atoms with E-state index in [-0.39, 0.29) is 18.9 Å². The van der Waals surface area contributed by atoms with Crippen LogP contribution in [0, 0.1) is 0 Å².